The first kappa shape index (κ1) is 21.0. The molecule has 0 saturated carbocycles. The maximum atomic E-state index is 13.1. The third kappa shape index (κ3) is 4.42. The third-order valence-corrected chi connectivity index (χ3v) is 5.15. The Balaban J connectivity index is 1.45. The summed E-state index contributed by atoms with van der Waals surface area (Å²) in [5.41, 5.74) is 2.27. The zero-order valence-electron chi connectivity index (χ0n) is 17.1. The Kier molecular flexibility index (Phi) is 6.09. The van der Waals surface area contributed by atoms with E-state index in [2.05, 4.69) is 6.07 Å². The Morgan fingerprint density at radius 1 is 0.938 bits per heavy atom. The van der Waals surface area contributed by atoms with Crippen molar-refractivity contribution in [3.63, 3.8) is 0 Å². The van der Waals surface area contributed by atoms with Crippen molar-refractivity contribution >= 4 is 22.5 Å². The van der Waals surface area contributed by atoms with Gasteiger partial charge in [-0.1, -0.05) is 18.2 Å². The van der Waals surface area contributed by atoms with E-state index >= 15 is 0 Å². The zero-order chi connectivity index (χ0) is 22.5. The van der Waals surface area contributed by atoms with Crippen molar-refractivity contribution in [1.82, 2.24) is 4.57 Å². The lowest BCUT2D eigenvalue weighted by Gasteiger charge is -2.07. The molecule has 1 heterocycles. The number of halogens is 1. The summed E-state index contributed by atoms with van der Waals surface area (Å²) in [5.74, 6) is -0.341. The molecule has 0 fully saturated rings. The van der Waals surface area contributed by atoms with Gasteiger partial charge in [-0.3, -0.25) is 9.59 Å². The SMILES string of the molecule is N#CCCn1cc(C(=O)COc2ccc(C(=O)c3ccc(F)cc3)cc2)c2ccccc21. The zero-order valence-corrected chi connectivity index (χ0v) is 17.1. The average molecular weight is 426 g/mol. The molecule has 0 spiro atoms. The number of benzene rings is 3. The number of fused-ring (bicyclic) bond motifs is 1. The van der Waals surface area contributed by atoms with Gasteiger partial charge in [-0.25, -0.2) is 4.39 Å². The second-order valence-electron chi connectivity index (χ2n) is 7.23. The van der Waals surface area contributed by atoms with Gasteiger partial charge in [0.1, 0.15) is 11.6 Å². The van der Waals surface area contributed by atoms with Gasteiger partial charge >= 0.3 is 0 Å². The van der Waals surface area contributed by atoms with E-state index in [9.17, 15) is 14.0 Å². The lowest BCUT2D eigenvalue weighted by molar-refractivity contribution is 0.0922. The molecular formula is C26H19FN2O3. The number of nitriles is 1. The summed E-state index contributed by atoms with van der Waals surface area (Å²) in [6.45, 7) is 0.353. The van der Waals surface area contributed by atoms with E-state index in [1.165, 1.54) is 24.3 Å². The van der Waals surface area contributed by atoms with Crippen LogP contribution in [0.5, 0.6) is 5.75 Å². The lowest BCUT2D eigenvalue weighted by Crippen LogP contribution is -2.11. The van der Waals surface area contributed by atoms with Gasteiger partial charge in [0.25, 0.3) is 0 Å². The Bertz CT molecular complexity index is 1320. The number of nitrogens with zero attached hydrogens (tertiary/aromatic N) is 2. The summed E-state index contributed by atoms with van der Waals surface area (Å²) in [6.07, 6.45) is 2.12. The van der Waals surface area contributed by atoms with E-state index in [-0.39, 0.29) is 18.2 Å². The van der Waals surface area contributed by atoms with Crippen molar-refractivity contribution in [3.8, 4) is 11.8 Å². The summed E-state index contributed by atoms with van der Waals surface area (Å²) < 4.78 is 20.6. The molecule has 0 unspecified atom stereocenters. The first-order chi connectivity index (χ1) is 15.6. The van der Waals surface area contributed by atoms with Crippen LogP contribution in [0.3, 0.4) is 0 Å². The number of carbonyl (C=O) groups is 2. The first-order valence-electron chi connectivity index (χ1n) is 10.1. The van der Waals surface area contributed by atoms with E-state index in [0.29, 0.717) is 35.4 Å². The van der Waals surface area contributed by atoms with Crippen molar-refractivity contribution in [3.05, 3.63) is 102 Å². The minimum Gasteiger partial charge on any atom is -0.485 e. The van der Waals surface area contributed by atoms with Crippen LogP contribution in [-0.2, 0) is 6.54 Å². The van der Waals surface area contributed by atoms with Crippen molar-refractivity contribution < 1.29 is 18.7 Å². The molecule has 1 aromatic heterocycles. The predicted molar refractivity (Wildman–Crippen MR) is 118 cm³/mol. The van der Waals surface area contributed by atoms with Gasteiger partial charge in [-0.2, -0.15) is 5.26 Å². The molecule has 0 amide bonds. The molecule has 158 valence electrons. The topological polar surface area (TPSA) is 72.1 Å². The molecule has 0 bridgehead atoms. The molecule has 4 aromatic rings. The molecule has 0 radical (unpaired) electrons. The molecule has 5 nitrogen and oxygen atoms in total. The van der Waals surface area contributed by atoms with E-state index in [4.69, 9.17) is 10.00 Å². The number of ketones is 2. The van der Waals surface area contributed by atoms with Crippen LogP contribution in [0.15, 0.2) is 79.0 Å². The van der Waals surface area contributed by atoms with Crippen LogP contribution in [0.4, 0.5) is 4.39 Å². The summed E-state index contributed by atoms with van der Waals surface area (Å²) in [6, 6.07) is 21.5. The highest BCUT2D eigenvalue weighted by atomic mass is 19.1. The highest BCUT2D eigenvalue weighted by Crippen LogP contribution is 2.23. The monoisotopic (exact) mass is 426 g/mol. The van der Waals surface area contributed by atoms with Gasteiger partial charge in [-0.15, -0.1) is 0 Å². The van der Waals surface area contributed by atoms with Gasteiger partial charge < -0.3 is 9.30 Å². The fourth-order valence-corrected chi connectivity index (χ4v) is 3.52. The van der Waals surface area contributed by atoms with Crippen LogP contribution < -0.4 is 4.74 Å². The fourth-order valence-electron chi connectivity index (χ4n) is 3.52. The number of Topliss-reactive ketones (excluding diaryl/α,β-unsaturated/α-hetero) is 1. The van der Waals surface area contributed by atoms with E-state index < -0.39 is 5.82 Å². The number of aromatic nitrogens is 1. The summed E-state index contributed by atoms with van der Waals surface area (Å²) >= 11 is 0. The molecule has 0 N–H and O–H groups in total. The van der Waals surface area contributed by atoms with Crippen LogP contribution in [0, 0.1) is 17.1 Å². The van der Waals surface area contributed by atoms with Crippen LogP contribution in [0.2, 0.25) is 0 Å². The maximum Gasteiger partial charge on any atom is 0.202 e. The van der Waals surface area contributed by atoms with Crippen LogP contribution in [-0.4, -0.2) is 22.7 Å². The van der Waals surface area contributed by atoms with Crippen molar-refractivity contribution in [2.75, 3.05) is 6.61 Å². The van der Waals surface area contributed by atoms with E-state index in [1.807, 2.05) is 28.8 Å². The summed E-state index contributed by atoms with van der Waals surface area (Å²) in [5, 5.41) is 9.69. The van der Waals surface area contributed by atoms with E-state index in [0.717, 1.165) is 10.9 Å². The largest absolute Gasteiger partial charge is 0.485 e. The lowest BCUT2D eigenvalue weighted by atomic mass is 10.0. The van der Waals surface area contributed by atoms with Crippen LogP contribution in [0.1, 0.15) is 32.7 Å². The fraction of sp³-hybridized carbons (Fsp3) is 0.115. The van der Waals surface area contributed by atoms with Crippen LogP contribution >= 0.6 is 0 Å². The van der Waals surface area contributed by atoms with E-state index in [1.54, 1.807) is 30.5 Å². The molecule has 0 aliphatic carbocycles. The number of para-hydroxylation sites is 1. The molecule has 4 rings (SSSR count). The van der Waals surface area contributed by atoms with Gasteiger partial charge in [0.05, 0.1) is 12.5 Å². The van der Waals surface area contributed by atoms with Gasteiger partial charge in [0.15, 0.2) is 12.4 Å². The Morgan fingerprint density at radius 3 is 2.28 bits per heavy atom. The molecule has 0 aliphatic heterocycles. The number of rotatable bonds is 8. The summed E-state index contributed by atoms with van der Waals surface area (Å²) in [7, 11) is 0. The Labute approximate surface area is 184 Å². The molecule has 6 heteroatoms. The normalized spacial score (nSPS) is 10.6. The first-order valence-corrected chi connectivity index (χ1v) is 10.1. The van der Waals surface area contributed by atoms with Crippen molar-refractivity contribution in [1.29, 1.82) is 5.26 Å². The number of aryl methyl sites for hydroxylation is 1. The number of carbonyl (C=O) groups excluding carboxylic acids is 2. The molecule has 32 heavy (non-hydrogen) atoms. The molecule has 3 aromatic carbocycles. The second-order valence-corrected chi connectivity index (χ2v) is 7.23. The van der Waals surface area contributed by atoms with Gasteiger partial charge in [-0.05, 0) is 54.6 Å². The number of hydrogen-bond donors (Lipinski definition) is 0. The number of hydrogen-bond acceptors (Lipinski definition) is 4. The predicted octanol–water partition coefficient (Wildman–Crippen LogP) is 5.19. The van der Waals surface area contributed by atoms with Gasteiger partial charge in [0, 0.05) is 40.3 Å². The molecule has 0 saturated heterocycles. The molecule has 0 aliphatic rings. The third-order valence-electron chi connectivity index (χ3n) is 5.15. The maximum absolute atomic E-state index is 13.1. The Hall–Kier alpha value is -4.24. The van der Waals surface area contributed by atoms with Crippen molar-refractivity contribution in [2.45, 2.75) is 13.0 Å². The average Bonchev–Trinajstić information content (AvgIpc) is 3.20. The standard InChI is InChI=1S/C26H19FN2O3/c27-20-10-6-18(7-11-20)26(31)19-8-12-21(13-9-19)32-17-25(30)23-16-29(15-3-14-28)24-5-2-1-4-22(23)24/h1-2,4-13,16H,3,15,17H2. The number of ether oxygens (including phenoxy) is 1. The second kappa shape index (κ2) is 9.27. The highest BCUT2D eigenvalue weighted by molar-refractivity contribution is 6.09. The van der Waals surface area contributed by atoms with Crippen molar-refractivity contribution in [2.24, 2.45) is 0 Å². The Morgan fingerprint density at radius 2 is 1.59 bits per heavy atom. The summed E-state index contributed by atoms with van der Waals surface area (Å²) in [4.78, 5) is 25.3. The molecular weight excluding hydrogens is 407 g/mol. The minimum absolute atomic E-state index is 0.155. The quantitative estimate of drug-likeness (QED) is 0.364. The minimum atomic E-state index is -0.400. The van der Waals surface area contributed by atoms with Gasteiger partial charge in [0.2, 0.25) is 5.78 Å². The van der Waals surface area contributed by atoms with Crippen LogP contribution in [0.25, 0.3) is 10.9 Å². The smallest absolute Gasteiger partial charge is 0.202 e. The highest BCUT2D eigenvalue weighted by Gasteiger charge is 2.16. The molecule has 0 atom stereocenters.